The predicted molar refractivity (Wildman–Crippen MR) is 150 cm³/mol. The molecule has 6 rings (SSSR count). The van der Waals surface area contributed by atoms with Crippen LogP contribution in [0.15, 0.2) is 54.7 Å². The summed E-state index contributed by atoms with van der Waals surface area (Å²) in [5.74, 6) is 1.54. The third-order valence-corrected chi connectivity index (χ3v) is 7.67. The normalized spacial score (nSPS) is 18.7. The number of pyridine rings is 3. The molecule has 0 aromatic carbocycles. The first-order valence-corrected chi connectivity index (χ1v) is 13.9. The number of allylic oxidation sites excluding steroid dienone is 2. The standard InChI is InChI=1S/C30H30ClN5O4/c1-38-30(37)26-12-11-25-29(35-26)36(17-23-13-14-39-23)27(33-25)15-19-5-7-20(8-6-19)24-3-2-4-28(34-24)40-18-22-10-9-21(31)16-32-22/h2-4,7,9-12,16,19,23H,5-6,8,13-15,17-18H2,1H3/t19?,23-/m0/s1. The molecule has 40 heavy (non-hydrogen) atoms. The molecule has 0 bridgehead atoms. The number of ether oxygens (including phenoxy) is 3. The Bertz CT molecular complexity index is 1550. The monoisotopic (exact) mass is 559 g/mol. The molecule has 2 aliphatic rings. The molecule has 1 aliphatic carbocycles. The number of halogens is 1. The van der Waals surface area contributed by atoms with Crippen molar-refractivity contribution in [1.82, 2.24) is 24.5 Å². The quantitative estimate of drug-likeness (QED) is 0.249. The summed E-state index contributed by atoms with van der Waals surface area (Å²) >= 11 is 5.92. The highest BCUT2D eigenvalue weighted by Gasteiger charge is 2.25. The highest BCUT2D eigenvalue weighted by molar-refractivity contribution is 6.30. The summed E-state index contributed by atoms with van der Waals surface area (Å²) in [6.45, 7) is 1.79. The minimum atomic E-state index is -0.453. The zero-order chi connectivity index (χ0) is 27.5. The fourth-order valence-electron chi connectivity index (χ4n) is 5.13. The molecule has 0 amide bonds. The van der Waals surface area contributed by atoms with E-state index in [4.69, 9.17) is 35.8 Å². The van der Waals surface area contributed by atoms with Crippen molar-refractivity contribution >= 4 is 34.3 Å². The third kappa shape index (κ3) is 5.85. The van der Waals surface area contributed by atoms with Crippen LogP contribution in [-0.2, 0) is 29.0 Å². The van der Waals surface area contributed by atoms with E-state index in [1.807, 2.05) is 30.3 Å². The van der Waals surface area contributed by atoms with Crippen LogP contribution in [0.5, 0.6) is 5.88 Å². The largest absolute Gasteiger partial charge is 0.471 e. The van der Waals surface area contributed by atoms with Crippen molar-refractivity contribution in [1.29, 1.82) is 0 Å². The summed E-state index contributed by atoms with van der Waals surface area (Å²) in [5, 5.41) is 0.598. The number of hydrogen-bond donors (Lipinski definition) is 0. The van der Waals surface area contributed by atoms with Crippen molar-refractivity contribution in [3.05, 3.63) is 82.7 Å². The average molecular weight is 560 g/mol. The van der Waals surface area contributed by atoms with Crippen LogP contribution in [0, 0.1) is 5.92 Å². The second-order valence-electron chi connectivity index (χ2n) is 10.1. The number of fused-ring (bicyclic) bond motifs is 1. The van der Waals surface area contributed by atoms with Crippen molar-refractivity contribution in [3.63, 3.8) is 0 Å². The number of carbonyl (C=O) groups is 1. The Morgan fingerprint density at radius 1 is 1.12 bits per heavy atom. The SMILES string of the molecule is COC(=O)c1ccc2nc(CC3CC=C(c4cccc(OCc5ccc(Cl)cn5)n4)CC3)n(C[C@@H]3CCO3)c2n1. The summed E-state index contributed by atoms with van der Waals surface area (Å²) in [6.07, 6.45) is 8.77. The van der Waals surface area contributed by atoms with Gasteiger partial charge in [0.25, 0.3) is 0 Å². The number of methoxy groups -OCH3 is 1. The van der Waals surface area contributed by atoms with Crippen LogP contribution < -0.4 is 4.74 Å². The van der Waals surface area contributed by atoms with Crippen LogP contribution in [0.1, 0.15) is 53.4 Å². The van der Waals surface area contributed by atoms with Crippen LogP contribution in [0.25, 0.3) is 16.7 Å². The van der Waals surface area contributed by atoms with Crippen LogP contribution in [-0.4, -0.2) is 50.3 Å². The van der Waals surface area contributed by atoms with Gasteiger partial charge in [-0.3, -0.25) is 4.98 Å². The topological polar surface area (TPSA) is 101 Å². The first-order chi connectivity index (χ1) is 19.6. The lowest BCUT2D eigenvalue weighted by molar-refractivity contribution is -0.0591. The Balaban J connectivity index is 1.15. The molecule has 1 aliphatic heterocycles. The summed E-state index contributed by atoms with van der Waals surface area (Å²) in [6, 6.07) is 13.0. The van der Waals surface area contributed by atoms with Gasteiger partial charge in [-0.05, 0) is 67.5 Å². The van der Waals surface area contributed by atoms with Gasteiger partial charge in [-0.25, -0.2) is 19.7 Å². The highest BCUT2D eigenvalue weighted by atomic mass is 35.5. The third-order valence-electron chi connectivity index (χ3n) is 7.45. The summed E-state index contributed by atoms with van der Waals surface area (Å²) < 4.78 is 18.6. The maximum atomic E-state index is 12.1. The van der Waals surface area contributed by atoms with Crippen LogP contribution in [0.4, 0.5) is 0 Å². The van der Waals surface area contributed by atoms with E-state index in [0.29, 0.717) is 35.6 Å². The number of rotatable bonds is 9. The van der Waals surface area contributed by atoms with Crippen LogP contribution in [0.2, 0.25) is 5.02 Å². The number of esters is 1. The lowest BCUT2D eigenvalue weighted by Crippen LogP contribution is -2.32. The molecule has 4 aromatic rings. The molecular formula is C30H30ClN5O4. The Hall–Kier alpha value is -3.82. The molecule has 206 valence electrons. The molecule has 0 N–H and O–H groups in total. The smallest absolute Gasteiger partial charge is 0.356 e. The van der Waals surface area contributed by atoms with Gasteiger partial charge in [-0.1, -0.05) is 23.7 Å². The maximum absolute atomic E-state index is 12.1. The summed E-state index contributed by atoms with van der Waals surface area (Å²) in [5.41, 5.74) is 4.73. The minimum absolute atomic E-state index is 0.147. The molecule has 4 aromatic heterocycles. The van der Waals surface area contributed by atoms with E-state index in [2.05, 4.69) is 20.6 Å². The van der Waals surface area contributed by atoms with E-state index in [0.717, 1.165) is 61.4 Å². The van der Waals surface area contributed by atoms with E-state index in [1.54, 1.807) is 18.3 Å². The van der Waals surface area contributed by atoms with Gasteiger partial charge in [-0.2, -0.15) is 0 Å². The first-order valence-electron chi connectivity index (χ1n) is 13.5. The van der Waals surface area contributed by atoms with Gasteiger partial charge in [0.05, 0.1) is 36.2 Å². The van der Waals surface area contributed by atoms with Gasteiger partial charge >= 0.3 is 5.97 Å². The molecule has 10 heteroatoms. The Morgan fingerprint density at radius 2 is 2.02 bits per heavy atom. The Morgan fingerprint density at radius 3 is 2.75 bits per heavy atom. The second kappa shape index (κ2) is 11.7. The molecule has 9 nitrogen and oxygen atoms in total. The number of hydrogen-bond acceptors (Lipinski definition) is 8. The van der Waals surface area contributed by atoms with Gasteiger partial charge in [0.15, 0.2) is 11.3 Å². The molecule has 0 spiro atoms. The molecular weight excluding hydrogens is 530 g/mol. The fraction of sp³-hybridized carbons (Fsp3) is 0.367. The molecule has 1 fully saturated rings. The lowest BCUT2D eigenvalue weighted by atomic mass is 9.86. The maximum Gasteiger partial charge on any atom is 0.356 e. The second-order valence-corrected chi connectivity index (χ2v) is 10.6. The first kappa shape index (κ1) is 26.4. The van der Waals surface area contributed by atoms with Gasteiger partial charge in [0.2, 0.25) is 5.88 Å². The van der Waals surface area contributed by atoms with Crippen LogP contribution in [0.3, 0.4) is 0 Å². The molecule has 2 atom stereocenters. The number of aromatic nitrogens is 5. The minimum Gasteiger partial charge on any atom is -0.471 e. The Kier molecular flexibility index (Phi) is 7.75. The molecule has 0 radical (unpaired) electrons. The van der Waals surface area contributed by atoms with Crippen molar-refractivity contribution in [2.24, 2.45) is 5.92 Å². The van der Waals surface area contributed by atoms with Crippen molar-refractivity contribution in [3.8, 4) is 5.88 Å². The lowest BCUT2D eigenvalue weighted by Gasteiger charge is -2.28. The molecule has 1 saturated heterocycles. The van der Waals surface area contributed by atoms with Crippen molar-refractivity contribution < 1.29 is 19.0 Å². The van der Waals surface area contributed by atoms with E-state index in [9.17, 15) is 4.79 Å². The van der Waals surface area contributed by atoms with E-state index >= 15 is 0 Å². The molecule has 5 heterocycles. The van der Waals surface area contributed by atoms with E-state index in [1.165, 1.54) is 12.7 Å². The van der Waals surface area contributed by atoms with Gasteiger partial charge < -0.3 is 18.8 Å². The fourth-order valence-corrected chi connectivity index (χ4v) is 5.24. The average Bonchev–Trinajstić information content (AvgIpc) is 3.30. The highest BCUT2D eigenvalue weighted by Crippen LogP contribution is 2.33. The van der Waals surface area contributed by atoms with Crippen molar-refractivity contribution in [2.45, 2.75) is 51.4 Å². The predicted octanol–water partition coefficient (Wildman–Crippen LogP) is 5.46. The van der Waals surface area contributed by atoms with Gasteiger partial charge in [-0.15, -0.1) is 0 Å². The molecule has 1 unspecified atom stereocenters. The van der Waals surface area contributed by atoms with E-state index < -0.39 is 5.97 Å². The van der Waals surface area contributed by atoms with Gasteiger partial charge in [0, 0.05) is 25.3 Å². The number of carbonyl (C=O) groups excluding carboxylic acids is 1. The zero-order valence-electron chi connectivity index (χ0n) is 22.3. The summed E-state index contributed by atoms with van der Waals surface area (Å²) in [4.78, 5) is 30.6. The molecule has 0 saturated carbocycles. The van der Waals surface area contributed by atoms with Crippen molar-refractivity contribution in [2.75, 3.05) is 13.7 Å². The number of imidazole rings is 1. The number of nitrogens with zero attached hydrogens (tertiary/aromatic N) is 5. The Labute approximate surface area is 237 Å². The van der Waals surface area contributed by atoms with E-state index in [-0.39, 0.29) is 11.8 Å². The zero-order valence-corrected chi connectivity index (χ0v) is 23.0. The van der Waals surface area contributed by atoms with Gasteiger partial charge in [0.1, 0.15) is 17.9 Å². The summed E-state index contributed by atoms with van der Waals surface area (Å²) in [7, 11) is 1.36. The van der Waals surface area contributed by atoms with Crippen LogP contribution >= 0.6 is 11.6 Å².